The van der Waals surface area contributed by atoms with E-state index in [1.54, 1.807) is 25.3 Å². The maximum atomic E-state index is 13.7. The van der Waals surface area contributed by atoms with Crippen LogP contribution in [0.1, 0.15) is 10.4 Å². The number of carbonyl (C=O) groups is 1. The van der Waals surface area contributed by atoms with E-state index in [-0.39, 0.29) is 19.0 Å². The Balaban J connectivity index is 1.41. The summed E-state index contributed by atoms with van der Waals surface area (Å²) < 4.78 is 29.9. The van der Waals surface area contributed by atoms with Gasteiger partial charge in [-0.2, -0.15) is 0 Å². The average Bonchev–Trinajstić information content (AvgIpc) is 2.90. The fourth-order valence-corrected chi connectivity index (χ4v) is 3.93. The van der Waals surface area contributed by atoms with Crippen molar-refractivity contribution in [3.63, 3.8) is 0 Å². The number of halogens is 1. The molecule has 0 atom stereocenters. The van der Waals surface area contributed by atoms with Gasteiger partial charge in [-0.25, -0.2) is 14.2 Å². The molecule has 0 N–H and O–H groups in total. The Morgan fingerprint density at radius 2 is 1.63 bits per heavy atom. The van der Waals surface area contributed by atoms with E-state index in [0.717, 1.165) is 22.1 Å². The lowest BCUT2D eigenvalue weighted by atomic mass is 10.0. The minimum Gasteiger partial charge on any atom is -0.497 e. The Labute approximate surface area is 201 Å². The molecular weight excluding hydrogens is 445 g/mol. The zero-order chi connectivity index (χ0) is 24.2. The highest BCUT2D eigenvalue weighted by Crippen LogP contribution is 2.29. The van der Waals surface area contributed by atoms with Crippen molar-refractivity contribution in [1.82, 2.24) is 4.98 Å². The van der Waals surface area contributed by atoms with Crippen LogP contribution in [0.5, 0.6) is 11.5 Å². The van der Waals surface area contributed by atoms with Gasteiger partial charge in [0.05, 0.1) is 23.9 Å². The van der Waals surface area contributed by atoms with Crippen LogP contribution in [0.4, 0.5) is 4.39 Å². The summed E-state index contributed by atoms with van der Waals surface area (Å²) in [6.45, 7) is 0.0215. The van der Waals surface area contributed by atoms with Crippen LogP contribution in [0, 0.1) is 5.82 Å². The first-order chi connectivity index (χ1) is 17.1. The van der Waals surface area contributed by atoms with Crippen LogP contribution in [0.15, 0.2) is 91.0 Å². The zero-order valence-corrected chi connectivity index (χ0v) is 19.0. The van der Waals surface area contributed by atoms with E-state index in [1.807, 2.05) is 60.7 Å². The van der Waals surface area contributed by atoms with E-state index < -0.39 is 11.8 Å². The average molecular weight is 467 g/mol. The van der Waals surface area contributed by atoms with Crippen LogP contribution >= 0.6 is 0 Å². The van der Waals surface area contributed by atoms with E-state index >= 15 is 0 Å². The van der Waals surface area contributed by atoms with Crippen molar-refractivity contribution in [2.75, 3.05) is 20.3 Å². The molecule has 0 aliphatic rings. The fourth-order valence-electron chi connectivity index (χ4n) is 3.93. The summed E-state index contributed by atoms with van der Waals surface area (Å²) >= 11 is 0. The smallest absolute Gasteiger partial charge is 0.339 e. The summed E-state index contributed by atoms with van der Waals surface area (Å²) in [4.78, 5) is 17.8. The van der Waals surface area contributed by atoms with Gasteiger partial charge in [0.15, 0.2) is 11.6 Å². The van der Waals surface area contributed by atoms with Gasteiger partial charge in [0.25, 0.3) is 0 Å². The summed E-state index contributed by atoms with van der Waals surface area (Å²) in [6, 6.07) is 27.2. The Morgan fingerprint density at radius 3 is 2.49 bits per heavy atom. The molecule has 0 bridgehead atoms. The van der Waals surface area contributed by atoms with Crippen LogP contribution in [0.2, 0.25) is 0 Å². The second kappa shape index (κ2) is 9.81. The molecule has 1 heterocycles. The van der Waals surface area contributed by atoms with Crippen molar-refractivity contribution in [3.05, 3.63) is 102 Å². The molecule has 35 heavy (non-hydrogen) atoms. The number of esters is 1. The number of rotatable bonds is 7. The van der Waals surface area contributed by atoms with E-state index in [2.05, 4.69) is 0 Å². The standard InChI is InChI=1S/C29H22FNO4/c1-33-22-13-12-19-16-21(11-10-20(19)17-22)27-18-24(23-6-2-4-8-26(23)31-27)29(32)35-15-14-34-28-9-5-3-7-25(28)30/h2-13,16-18H,14-15H2,1H3. The van der Waals surface area contributed by atoms with Gasteiger partial charge in [-0.05, 0) is 53.2 Å². The summed E-state index contributed by atoms with van der Waals surface area (Å²) in [5.74, 6) is -0.0443. The summed E-state index contributed by atoms with van der Waals surface area (Å²) in [5.41, 5.74) is 2.64. The SMILES string of the molecule is COc1ccc2cc(-c3cc(C(=O)OCCOc4ccccc4F)c4ccccc4n3)ccc2c1. The number of aromatic nitrogens is 1. The van der Waals surface area contributed by atoms with Gasteiger partial charge in [-0.15, -0.1) is 0 Å². The molecule has 4 aromatic carbocycles. The highest BCUT2D eigenvalue weighted by molar-refractivity contribution is 6.04. The fraction of sp³-hybridized carbons (Fsp3) is 0.103. The van der Waals surface area contributed by atoms with E-state index in [0.29, 0.717) is 22.2 Å². The van der Waals surface area contributed by atoms with Crippen LogP contribution in [0.3, 0.4) is 0 Å². The van der Waals surface area contributed by atoms with Gasteiger partial charge in [-0.3, -0.25) is 0 Å². The number of pyridine rings is 1. The lowest BCUT2D eigenvalue weighted by Crippen LogP contribution is -2.13. The molecule has 6 heteroatoms. The molecule has 0 saturated heterocycles. The minimum atomic E-state index is -0.493. The van der Waals surface area contributed by atoms with Crippen molar-refractivity contribution >= 4 is 27.6 Å². The monoisotopic (exact) mass is 467 g/mol. The maximum absolute atomic E-state index is 13.7. The van der Waals surface area contributed by atoms with E-state index in [1.165, 1.54) is 12.1 Å². The number of hydrogen-bond donors (Lipinski definition) is 0. The molecule has 0 aliphatic carbocycles. The van der Waals surface area contributed by atoms with Crippen molar-refractivity contribution in [3.8, 4) is 22.8 Å². The predicted molar refractivity (Wildman–Crippen MR) is 133 cm³/mol. The first-order valence-electron chi connectivity index (χ1n) is 11.1. The van der Waals surface area contributed by atoms with E-state index in [4.69, 9.17) is 19.2 Å². The van der Waals surface area contributed by atoms with E-state index in [9.17, 15) is 9.18 Å². The largest absolute Gasteiger partial charge is 0.497 e. The molecule has 0 spiro atoms. The van der Waals surface area contributed by atoms with Crippen LogP contribution < -0.4 is 9.47 Å². The first kappa shape index (κ1) is 22.3. The second-order valence-electron chi connectivity index (χ2n) is 7.91. The topological polar surface area (TPSA) is 57.7 Å². The molecule has 5 rings (SSSR count). The van der Waals surface area contributed by atoms with Crippen molar-refractivity contribution in [2.24, 2.45) is 0 Å². The molecule has 0 aliphatic heterocycles. The third-order valence-corrected chi connectivity index (χ3v) is 5.69. The third kappa shape index (κ3) is 4.77. The van der Waals surface area contributed by atoms with Gasteiger partial charge in [0.2, 0.25) is 0 Å². The number of fused-ring (bicyclic) bond motifs is 2. The predicted octanol–water partition coefficient (Wildman–Crippen LogP) is 6.44. The number of ether oxygens (including phenoxy) is 3. The number of para-hydroxylation sites is 2. The van der Waals surface area contributed by atoms with Gasteiger partial charge in [0.1, 0.15) is 19.0 Å². The van der Waals surface area contributed by atoms with Gasteiger partial charge < -0.3 is 14.2 Å². The Hall–Kier alpha value is -4.45. The number of carbonyl (C=O) groups excluding carboxylic acids is 1. The molecule has 5 aromatic rings. The second-order valence-corrected chi connectivity index (χ2v) is 7.91. The highest BCUT2D eigenvalue weighted by Gasteiger charge is 2.16. The number of benzene rings is 4. The van der Waals surface area contributed by atoms with Crippen LogP contribution in [0.25, 0.3) is 32.9 Å². The first-order valence-corrected chi connectivity index (χ1v) is 11.1. The summed E-state index contributed by atoms with van der Waals surface area (Å²) in [7, 11) is 1.64. The molecule has 1 aromatic heterocycles. The zero-order valence-electron chi connectivity index (χ0n) is 19.0. The van der Waals surface area contributed by atoms with Gasteiger partial charge >= 0.3 is 5.97 Å². The highest BCUT2D eigenvalue weighted by atomic mass is 19.1. The summed E-state index contributed by atoms with van der Waals surface area (Å²) in [5, 5.41) is 2.78. The van der Waals surface area contributed by atoms with Gasteiger partial charge in [0, 0.05) is 10.9 Å². The number of methoxy groups -OCH3 is 1. The van der Waals surface area contributed by atoms with Crippen molar-refractivity contribution < 1.29 is 23.4 Å². The maximum Gasteiger partial charge on any atom is 0.339 e. The van der Waals surface area contributed by atoms with Crippen molar-refractivity contribution in [1.29, 1.82) is 0 Å². The normalized spacial score (nSPS) is 10.9. The quantitative estimate of drug-likeness (QED) is 0.204. The lowest BCUT2D eigenvalue weighted by Gasteiger charge is -2.12. The lowest BCUT2D eigenvalue weighted by molar-refractivity contribution is 0.0450. The van der Waals surface area contributed by atoms with Crippen LogP contribution in [-0.4, -0.2) is 31.3 Å². The molecule has 0 amide bonds. The molecule has 0 unspecified atom stereocenters. The molecular formula is C29H22FNO4. The molecule has 0 saturated carbocycles. The molecule has 5 nitrogen and oxygen atoms in total. The third-order valence-electron chi connectivity index (χ3n) is 5.69. The number of nitrogens with zero attached hydrogens (tertiary/aromatic N) is 1. The molecule has 0 radical (unpaired) electrons. The number of hydrogen-bond acceptors (Lipinski definition) is 5. The molecule has 174 valence electrons. The van der Waals surface area contributed by atoms with Crippen LogP contribution in [-0.2, 0) is 4.74 Å². The Kier molecular flexibility index (Phi) is 6.26. The minimum absolute atomic E-state index is 0.0169. The van der Waals surface area contributed by atoms with Gasteiger partial charge in [-0.1, -0.05) is 48.5 Å². The Bertz CT molecular complexity index is 1530. The summed E-state index contributed by atoms with van der Waals surface area (Å²) in [6.07, 6.45) is 0. The van der Waals surface area contributed by atoms with Crippen molar-refractivity contribution in [2.45, 2.75) is 0 Å². The Morgan fingerprint density at radius 1 is 0.857 bits per heavy atom. The molecule has 0 fully saturated rings.